The van der Waals surface area contributed by atoms with Crippen molar-refractivity contribution in [1.82, 2.24) is 19.8 Å². The maximum absolute atomic E-state index is 11.2. The number of aromatic nitrogens is 4. The second-order valence-electron chi connectivity index (χ2n) is 5.86. The lowest BCUT2D eigenvalue weighted by Crippen LogP contribution is -2.10. The number of aromatic carboxylic acids is 1. The van der Waals surface area contributed by atoms with Crippen LogP contribution >= 0.6 is 0 Å². The van der Waals surface area contributed by atoms with Crippen LogP contribution in [0.4, 0.5) is 0 Å². The van der Waals surface area contributed by atoms with Gasteiger partial charge in [-0.15, -0.1) is 10.2 Å². The highest BCUT2D eigenvalue weighted by Gasteiger charge is 2.19. The second-order valence-corrected chi connectivity index (χ2v) is 5.86. The number of rotatable bonds is 6. The number of nitrogens with zero attached hydrogens (tertiary/aromatic N) is 4. The van der Waals surface area contributed by atoms with E-state index in [0.29, 0.717) is 17.9 Å². The van der Waals surface area contributed by atoms with Crippen LogP contribution in [0.3, 0.4) is 0 Å². The molecule has 0 saturated carbocycles. The molecule has 0 radical (unpaired) electrons. The van der Waals surface area contributed by atoms with Crippen LogP contribution in [0.1, 0.15) is 41.6 Å². The van der Waals surface area contributed by atoms with Gasteiger partial charge in [0.05, 0.1) is 23.6 Å². The minimum atomic E-state index is -1.12. The van der Waals surface area contributed by atoms with Gasteiger partial charge < -0.3 is 9.84 Å². The van der Waals surface area contributed by atoms with E-state index in [9.17, 15) is 9.90 Å². The van der Waals surface area contributed by atoms with Gasteiger partial charge >= 0.3 is 5.97 Å². The quantitative estimate of drug-likeness (QED) is 0.693. The van der Waals surface area contributed by atoms with Crippen LogP contribution in [0.2, 0.25) is 0 Å². The fourth-order valence-electron chi connectivity index (χ4n) is 2.70. The van der Waals surface area contributed by atoms with E-state index in [4.69, 9.17) is 4.74 Å². The summed E-state index contributed by atoms with van der Waals surface area (Å²) in [5.74, 6) is -0.295. The van der Waals surface area contributed by atoms with Crippen molar-refractivity contribution in [2.24, 2.45) is 0 Å². The molecule has 2 aromatic heterocycles. The third kappa shape index (κ3) is 3.17. The summed E-state index contributed by atoms with van der Waals surface area (Å²) in [5, 5.41) is 21.5. The van der Waals surface area contributed by atoms with Gasteiger partial charge in [-0.1, -0.05) is 25.5 Å². The lowest BCUT2D eigenvalue weighted by atomic mass is 10.1. The number of carbonyl (C=O) groups is 1. The molecule has 7 nitrogen and oxygen atoms in total. The van der Waals surface area contributed by atoms with Crippen LogP contribution in [0.5, 0.6) is 5.75 Å². The first-order valence-corrected chi connectivity index (χ1v) is 8.22. The molecule has 0 amide bonds. The number of unbranched alkanes of at least 4 members (excludes halogenated alkanes) is 1. The minimum Gasteiger partial charge on any atom is -0.494 e. The van der Waals surface area contributed by atoms with E-state index < -0.39 is 5.97 Å². The number of fused-ring (bicyclic) bond motifs is 1. The molecule has 0 bridgehead atoms. The molecule has 0 spiro atoms. The molecule has 0 aliphatic carbocycles. The van der Waals surface area contributed by atoms with Crippen LogP contribution in [-0.2, 0) is 0 Å². The molecule has 7 heteroatoms. The van der Waals surface area contributed by atoms with E-state index in [1.807, 2.05) is 31.2 Å². The van der Waals surface area contributed by atoms with Crippen molar-refractivity contribution in [2.75, 3.05) is 6.61 Å². The van der Waals surface area contributed by atoms with E-state index in [-0.39, 0.29) is 5.69 Å². The zero-order valence-electron chi connectivity index (χ0n) is 14.5. The number of carboxylic acids is 1. The van der Waals surface area contributed by atoms with Gasteiger partial charge in [-0.2, -0.15) is 5.10 Å². The highest BCUT2D eigenvalue weighted by atomic mass is 16.5. The Kier molecular flexibility index (Phi) is 4.65. The number of ether oxygens (including phenoxy) is 1. The average Bonchev–Trinajstić information content (AvgIpc) is 2.93. The Bertz CT molecular complexity index is 916. The Morgan fingerprint density at radius 1 is 1.20 bits per heavy atom. The van der Waals surface area contributed by atoms with Crippen LogP contribution in [0.15, 0.2) is 24.3 Å². The van der Waals surface area contributed by atoms with Crippen LogP contribution in [-0.4, -0.2) is 37.5 Å². The molecule has 3 aromatic rings. The van der Waals surface area contributed by atoms with Crippen molar-refractivity contribution < 1.29 is 14.6 Å². The molecule has 3 rings (SSSR count). The van der Waals surface area contributed by atoms with E-state index in [0.717, 1.165) is 35.4 Å². The number of hydrogen-bond donors (Lipinski definition) is 1. The molecule has 0 aliphatic rings. The number of benzene rings is 1. The van der Waals surface area contributed by atoms with Gasteiger partial charge in [-0.05, 0) is 38.0 Å². The summed E-state index contributed by atoms with van der Waals surface area (Å²) in [5.41, 5.74) is 3.44. The highest BCUT2D eigenvalue weighted by Crippen LogP contribution is 2.29. The topological polar surface area (TPSA) is 89.6 Å². The molecule has 0 aliphatic heterocycles. The van der Waals surface area contributed by atoms with E-state index in [1.54, 1.807) is 6.92 Å². The smallest absolute Gasteiger partial charge is 0.358 e. The van der Waals surface area contributed by atoms with Crippen LogP contribution in [0.25, 0.3) is 16.8 Å². The van der Waals surface area contributed by atoms with Gasteiger partial charge in [-0.25, -0.2) is 9.31 Å². The van der Waals surface area contributed by atoms with Crippen molar-refractivity contribution in [3.63, 3.8) is 0 Å². The molecule has 0 unspecified atom stereocenters. The monoisotopic (exact) mass is 340 g/mol. The molecular weight excluding hydrogens is 320 g/mol. The maximum Gasteiger partial charge on any atom is 0.358 e. The first-order valence-electron chi connectivity index (χ1n) is 8.22. The number of hydrogen-bond acceptors (Lipinski definition) is 5. The van der Waals surface area contributed by atoms with Gasteiger partial charge in [0.15, 0.2) is 11.3 Å². The zero-order valence-corrected chi connectivity index (χ0v) is 14.5. The molecule has 1 aromatic carbocycles. The Hall–Kier alpha value is -2.96. The van der Waals surface area contributed by atoms with E-state index in [1.165, 1.54) is 4.52 Å². The summed E-state index contributed by atoms with van der Waals surface area (Å²) in [6.07, 6.45) is 2.12. The van der Waals surface area contributed by atoms with Gasteiger partial charge in [0, 0.05) is 0 Å². The Morgan fingerprint density at radius 3 is 2.56 bits per heavy atom. The molecule has 130 valence electrons. The first kappa shape index (κ1) is 16.9. The molecule has 0 saturated heterocycles. The summed E-state index contributed by atoms with van der Waals surface area (Å²) in [4.78, 5) is 11.2. The Morgan fingerprint density at radius 2 is 1.92 bits per heavy atom. The van der Waals surface area contributed by atoms with Crippen LogP contribution < -0.4 is 4.74 Å². The fraction of sp³-hybridized carbons (Fsp3) is 0.333. The molecule has 25 heavy (non-hydrogen) atoms. The van der Waals surface area contributed by atoms with Gasteiger partial charge in [0.1, 0.15) is 5.75 Å². The summed E-state index contributed by atoms with van der Waals surface area (Å²) >= 11 is 0. The summed E-state index contributed by atoms with van der Waals surface area (Å²) in [6.45, 7) is 6.37. The SMILES string of the molecule is CCCCOc1ccc(-c2c(C)nn3c(C)c(C(=O)O)nnc23)cc1. The minimum absolute atomic E-state index is 0.0961. The summed E-state index contributed by atoms with van der Waals surface area (Å²) in [7, 11) is 0. The summed E-state index contributed by atoms with van der Waals surface area (Å²) in [6, 6.07) is 7.74. The Balaban J connectivity index is 2.00. The fourth-order valence-corrected chi connectivity index (χ4v) is 2.70. The van der Waals surface area contributed by atoms with Crippen LogP contribution in [0, 0.1) is 13.8 Å². The molecule has 1 N–H and O–H groups in total. The maximum atomic E-state index is 11.2. The average molecular weight is 340 g/mol. The standard InChI is InChI=1S/C18H20N4O3/c1-4-5-10-25-14-8-6-13(7-9-14)15-11(2)21-22-12(3)16(18(23)24)19-20-17(15)22/h6-9H,4-5,10H2,1-3H3,(H,23,24). The van der Waals surface area contributed by atoms with Crippen molar-refractivity contribution >= 4 is 11.6 Å². The first-order chi connectivity index (χ1) is 12.0. The number of aryl methyl sites for hydroxylation is 2. The van der Waals surface area contributed by atoms with Crippen molar-refractivity contribution in [2.45, 2.75) is 33.6 Å². The predicted molar refractivity (Wildman–Crippen MR) is 93.1 cm³/mol. The van der Waals surface area contributed by atoms with Gasteiger partial charge in [0.2, 0.25) is 0 Å². The second kappa shape index (κ2) is 6.88. The molecule has 0 atom stereocenters. The van der Waals surface area contributed by atoms with Gasteiger partial charge in [0.25, 0.3) is 0 Å². The normalized spacial score (nSPS) is 11.0. The van der Waals surface area contributed by atoms with Crippen molar-refractivity contribution in [1.29, 1.82) is 0 Å². The highest BCUT2D eigenvalue weighted by molar-refractivity contribution is 5.87. The van der Waals surface area contributed by atoms with E-state index in [2.05, 4.69) is 22.2 Å². The zero-order chi connectivity index (χ0) is 18.0. The Labute approximate surface area is 145 Å². The lowest BCUT2D eigenvalue weighted by Gasteiger charge is -2.07. The predicted octanol–water partition coefficient (Wildman–Crippen LogP) is 3.29. The molecular formula is C18H20N4O3. The largest absolute Gasteiger partial charge is 0.494 e. The molecule has 2 heterocycles. The van der Waals surface area contributed by atoms with E-state index >= 15 is 0 Å². The van der Waals surface area contributed by atoms with Gasteiger partial charge in [-0.3, -0.25) is 0 Å². The lowest BCUT2D eigenvalue weighted by molar-refractivity contribution is 0.0687. The van der Waals surface area contributed by atoms with Crippen molar-refractivity contribution in [3.8, 4) is 16.9 Å². The summed E-state index contributed by atoms with van der Waals surface area (Å²) < 4.78 is 7.22. The third-order valence-electron chi connectivity index (χ3n) is 4.05. The number of carboxylic acid groups (broad SMARTS) is 1. The third-order valence-corrected chi connectivity index (χ3v) is 4.05. The molecule has 0 fully saturated rings. The van der Waals surface area contributed by atoms with Crippen molar-refractivity contribution in [3.05, 3.63) is 41.3 Å².